The number of rotatable bonds is 5. The molecule has 3 N–H and O–H groups in total. The van der Waals surface area contributed by atoms with Crippen LogP contribution in [0.5, 0.6) is 5.75 Å². The standard InChI is InChI=1S/C11H11ClO5/c12-4-3-9(14)7-2-1-6(13)5-8(7)10(15)11(16)17/h1-2,5,10,13,15H,3-4H2,(H,16,17). The third kappa shape index (κ3) is 3.18. The Balaban J connectivity index is 3.21. The summed E-state index contributed by atoms with van der Waals surface area (Å²) < 4.78 is 0. The molecule has 92 valence electrons. The number of alkyl halides is 1. The lowest BCUT2D eigenvalue weighted by atomic mass is 9.97. The van der Waals surface area contributed by atoms with Crippen molar-refractivity contribution in [3.8, 4) is 5.75 Å². The number of carboxylic acid groups (broad SMARTS) is 1. The summed E-state index contributed by atoms with van der Waals surface area (Å²) in [6.07, 6.45) is -1.82. The van der Waals surface area contributed by atoms with Crippen molar-refractivity contribution < 1.29 is 24.9 Å². The van der Waals surface area contributed by atoms with Crippen LogP contribution in [0.2, 0.25) is 0 Å². The summed E-state index contributed by atoms with van der Waals surface area (Å²) in [6.45, 7) is 0. The SMILES string of the molecule is O=C(CCCl)c1ccc(O)cc1C(O)C(=O)O. The molecule has 0 aliphatic carbocycles. The highest BCUT2D eigenvalue weighted by atomic mass is 35.5. The number of phenolic OH excluding ortho intramolecular Hbond substituents is 1. The molecule has 0 fully saturated rings. The van der Waals surface area contributed by atoms with E-state index in [9.17, 15) is 19.8 Å². The second-order valence-corrected chi connectivity index (χ2v) is 3.75. The molecule has 17 heavy (non-hydrogen) atoms. The number of aliphatic hydroxyl groups is 1. The highest BCUT2D eigenvalue weighted by Gasteiger charge is 2.22. The van der Waals surface area contributed by atoms with Crippen molar-refractivity contribution >= 4 is 23.4 Å². The van der Waals surface area contributed by atoms with Crippen molar-refractivity contribution in [2.75, 3.05) is 5.88 Å². The van der Waals surface area contributed by atoms with Gasteiger partial charge in [-0.25, -0.2) is 4.79 Å². The van der Waals surface area contributed by atoms with Gasteiger partial charge in [-0.05, 0) is 18.2 Å². The zero-order valence-electron chi connectivity index (χ0n) is 8.76. The van der Waals surface area contributed by atoms with Crippen LogP contribution in [0.4, 0.5) is 0 Å². The lowest BCUT2D eigenvalue weighted by Gasteiger charge is -2.11. The van der Waals surface area contributed by atoms with Crippen LogP contribution in [0.25, 0.3) is 0 Å². The molecule has 0 heterocycles. The molecule has 1 atom stereocenters. The van der Waals surface area contributed by atoms with Gasteiger partial charge in [0.2, 0.25) is 0 Å². The van der Waals surface area contributed by atoms with Crippen LogP contribution in [0.3, 0.4) is 0 Å². The molecule has 5 nitrogen and oxygen atoms in total. The number of halogens is 1. The molecule has 0 aliphatic heterocycles. The fourth-order valence-electron chi connectivity index (χ4n) is 1.38. The molecular weight excluding hydrogens is 248 g/mol. The summed E-state index contributed by atoms with van der Waals surface area (Å²) >= 11 is 5.42. The number of carbonyl (C=O) groups is 2. The number of hydrogen-bond donors (Lipinski definition) is 3. The molecule has 0 spiro atoms. The molecule has 1 aromatic rings. The Hall–Kier alpha value is -1.59. The zero-order chi connectivity index (χ0) is 13.0. The van der Waals surface area contributed by atoms with Crippen LogP contribution in [0, 0.1) is 0 Å². The third-order valence-corrected chi connectivity index (χ3v) is 2.37. The van der Waals surface area contributed by atoms with E-state index >= 15 is 0 Å². The predicted octanol–water partition coefficient (Wildman–Crippen LogP) is 1.32. The van der Waals surface area contributed by atoms with E-state index in [2.05, 4.69) is 0 Å². The Kier molecular flexibility index (Phi) is 4.48. The number of carbonyl (C=O) groups excluding carboxylic acids is 1. The van der Waals surface area contributed by atoms with Gasteiger partial charge in [0.25, 0.3) is 0 Å². The maximum absolute atomic E-state index is 11.6. The van der Waals surface area contributed by atoms with Crippen LogP contribution in [-0.4, -0.2) is 33.0 Å². The van der Waals surface area contributed by atoms with E-state index in [0.29, 0.717) is 0 Å². The van der Waals surface area contributed by atoms with Gasteiger partial charge in [0, 0.05) is 23.4 Å². The highest BCUT2D eigenvalue weighted by molar-refractivity contribution is 6.19. The van der Waals surface area contributed by atoms with Crippen LogP contribution < -0.4 is 0 Å². The lowest BCUT2D eigenvalue weighted by molar-refractivity contribution is -0.146. The van der Waals surface area contributed by atoms with Crippen molar-refractivity contribution in [3.05, 3.63) is 29.3 Å². The topological polar surface area (TPSA) is 94.8 Å². The molecule has 0 saturated heterocycles. The van der Waals surface area contributed by atoms with Crippen LogP contribution in [-0.2, 0) is 4.79 Å². The maximum atomic E-state index is 11.6. The molecule has 0 bridgehead atoms. The van der Waals surface area contributed by atoms with Crippen LogP contribution >= 0.6 is 11.6 Å². The molecular formula is C11H11ClO5. The van der Waals surface area contributed by atoms with E-state index in [-0.39, 0.29) is 35.0 Å². The van der Waals surface area contributed by atoms with E-state index < -0.39 is 12.1 Å². The maximum Gasteiger partial charge on any atom is 0.337 e. The van der Waals surface area contributed by atoms with E-state index in [1.165, 1.54) is 12.1 Å². The summed E-state index contributed by atoms with van der Waals surface area (Å²) in [5, 5.41) is 27.4. The number of hydrogen-bond acceptors (Lipinski definition) is 4. The van der Waals surface area contributed by atoms with Gasteiger partial charge in [0.05, 0.1) is 0 Å². The van der Waals surface area contributed by atoms with Gasteiger partial charge in [-0.3, -0.25) is 4.79 Å². The normalized spacial score (nSPS) is 12.1. The van der Waals surface area contributed by atoms with Gasteiger partial charge in [0.15, 0.2) is 11.9 Å². The number of aliphatic hydroxyl groups excluding tert-OH is 1. The largest absolute Gasteiger partial charge is 0.508 e. The minimum absolute atomic E-state index is 0.0334. The van der Waals surface area contributed by atoms with E-state index in [0.717, 1.165) is 6.07 Å². The van der Waals surface area contributed by atoms with Gasteiger partial charge >= 0.3 is 5.97 Å². The Bertz CT molecular complexity index is 443. The monoisotopic (exact) mass is 258 g/mol. The quantitative estimate of drug-likeness (QED) is 0.547. The van der Waals surface area contributed by atoms with Gasteiger partial charge in [0.1, 0.15) is 5.75 Å². The summed E-state index contributed by atoms with van der Waals surface area (Å²) in [4.78, 5) is 22.3. The number of Topliss-reactive ketones (excluding diaryl/α,β-unsaturated/α-hetero) is 1. The minimum Gasteiger partial charge on any atom is -0.508 e. The first-order valence-corrected chi connectivity index (χ1v) is 5.33. The molecule has 1 aromatic carbocycles. The first-order valence-electron chi connectivity index (χ1n) is 4.80. The van der Waals surface area contributed by atoms with E-state index in [1.54, 1.807) is 0 Å². The van der Waals surface area contributed by atoms with Gasteiger partial charge in [-0.1, -0.05) is 0 Å². The van der Waals surface area contributed by atoms with Crippen molar-refractivity contribution in [1.29, 1.82) is 0 Å². The third-order valence-electron chi connectivity index (χ3n) is 2.19. The average molecular weight is 259 g/mol. The van der Waals surface area contributed by atoms with Gasteiger partial charge in [-0.2, -0.15) is 0 Å². The smallest absolute Gasteiger partial charge is 0.337 e. The second-order valence-electron chi connectivity index (χ2n) is 3.37. The van der Waals surface area contributed by atoms with Gasteiger partial charge < -0.3 is 15.3 Å². The van der Waals surface area contributed by atoms with Gasteiger partial charge in [-0.15, -0.1) is 11.6 Å². The minimum atomic E-state index is -1.85. The predicted molar refractivity (Wildman–Crippen MR) is 60.4 cm³/mol. The lowest BCUT2D eigenvalue weighted by Crippen LogP contribution is -2.15. The highest BCUT2D eigenvalue weighted by Crippen LogP contribution is 2.24. The average Bonchev–Trinajstić information content (AvgIpc) is 2.28. The number of phenols is 1. The summed E-state index contributed by atoms with van der Waals surface area (Å²) in [7, 11) is 0. The Morgan fingerprint density at radius 1 is 1.35 bits per heavy atom. The number of ketones is 1. The molecule has 1 unspecified atom stereocenters. The number of carboxylic acids is 1. The van der Waals surface area contributed by atoms with Crippen molar-refractivity contribution in [2.45, 2.75) is 12.5 Å². The molecule has 6 heteroatoms. The molecule has 0 amide bonds. The van der Waals surface area contributed by atoms with E-state index in [1.807, 2.05) is 0 Å². The Morgan fingerprint density at radius 2 is 2.00 bits per heavy atom. The molecule has 0 aromatic heterocycles. The number of aliphatic carboxylic acids is 1. The molecule has 0 radical (unpaired) electrons. The summed E-state index contributed by atoms with van der Waals surface area (Å²) in [5.41, 5.74) is -0.0778. The fourth-order valence-corrected chi connectivity index (χ4v) is 1.56. The fraction of sp³-hybridized carbons (Fsp3) is 0.273. The van der Waals surface area contributed by atoms with Crippen molar-refractivity contribution in [3.63, 3.8) is 0 Å². The molecule has 0 saturated carbocycles. The Labute approximate surface area is 102 Å². The molecule has 0 aliphatic rings. The number of aromatic hydroxyl groups is 1. The first kappa shape index (κ1) is 13.5. The zero-order valence-corrected chi connectivity index (χ0v) is 9.52. The van der Waals surface area contributed by atoms with Crippen LogP contribution in [0.1, 0.15) is 28.4 Å². The van der Waals surface area contributed by atoms with E-state index in [4.69, 9.17) is 16.7 Å². The summed E-state index contributed by atoms with van der Waals surface area (Å²) in [5.74, 6) is -1.99. The molecule has 1 rings (SSSR count). The van der Waals surface area contributed by atoms with Crippen molar-refractivity contribution in [2.24, 2.45) is 0 Å². The van der Waals surface area contributed by atoms with Crippen molar-refractivity contribution in [1.82, 2.24) is 0 Å². The second kappa shape index (κ2) is 5.65. The number of benzene rings is 1. The summed E-state index contributed by atoms with van der Waals surface area (Å²) in [6, 6.07) is 3.57. The first-order chi connectivity index (χ1) is 7.97. The van der Waals surface area contributed by atoms with Crippen LogP contribution in [0.15, 0.2) is 18.2 Å². The Morgan fingerprint density at radius 3 is 2.53 bits per heavy atom.